The molecule has 0 saturated carbocycles. The van der Waals surface area contributed by atoms with Crippen LogP contribution in [-0.2, 0) is 16.1 Å². The maximum atomic E-state index is 12.2. The third kappa shape index (κ3) is 4.43. The number of nitrogens with one attached hydrogen (secondary N) is 1. The SMILES string of the molecule is Cc1ccc(C)c(NC(=O)[C@@H](C)OC(=O)c2ccc(CO)cc2)c1. The zero-order valence-electron chi connectivity index (χ0n) is 14.0. The molecule has 2 aromatic carbocycles. The van der Waals surface area contributed by atoms with Crippen molar-refractivity contribution in [2.24, 2.45) is 0 Å². The van der Waals surface area contributed by atoms with Gasteiger partial charge in [0.05, 0.1) is 12.2 Å². The molecule has 0 aromatic heterocycles. The van der Waals surface area contributed by atoms with E-state index >= 15 is 0 Å². The second kappa shape index (κ2) is 7.75. The van der Waals surface area contributed by atoms with Crippen LogP contribution in [0.3, 0.4) is 0 Å². The summed E-state index contributed by atoms with van der Waals surface area (Å²) in [7, 11) is 0. The average Bonchev–Trinajstić information content (AvgIpc) is 2.58. The van der Waals surface area contributed by atoms with Crippen LogP contribution in [0.5, 0.6) is 0 Å². The van der Waals surface area contributed by atoms with E-state index in [1.54, 1.807) is 24.3 Å². The Morgan fingerprint density at radius 2 is 1.79 bits per heavy atom. The molecule has 0 aliphatic rings. The van der Waals surface area contributed by atoms with Crippen LogP contribution < -0.4 is 5.32 Å². The lowest BCUT2D eigenvalue weighted by Gasteiger charge is -2.15. The molecule has 1 atom stereocenters. The summed E-state index contributed by atoms with van der Waals surface area (Å²) in [6.07, 6.45) is -0.921. The van der Waals surface area contributed by atoms with Crippen LogP contribution in [0.4, 0.5) is 5.69 Å². The van der Waals surface area contributed by atoms with Crippen LogP contribution in [0.15, 0.2) is 42.5 Å². The molecule has 0 spiro atoms. The molecular weight excluding hydrogens is 306 g/mol. The third-order valence-electron chi connectivity index (χ3n) is 3.68. The van der Waals surface area contributed by atoms with Crippen molar-refractivity contribution in [1.29, 1.82) is 0 Å². The summed E-state index contributed by atoms with van der Waals surface area (Å²) in [5, 5.41) is 11.8. The summed E-state index contributed by atoms with van der Waals surface area (Å²) >= 11 is 0. The standard InChI is InChI=1S/C19H21NO4/c1-12-4-5-13(2)17(10-12)20-18(22)14(3)24-19(23)16-8-6-15(11-21)7-9-16/h4-10,14,21H,11H2,1-3H3,(H,20,22)/t14-/m1/s1. The second-order valence-corrected chi connectivity index (χ2v) is 5.71. The first-order valence-electron chi connectivity index (χ1n) is 7.69. The number of esters is 1. The molecule has 0 heterocycles. The minimum atomic E-state index is -0.921. The number of carbonyl (C=O) groups excluding carboxylic acids is 2. The van der Waals surface area contributed by atoms with Crippen LogP contribution in [0, 0.1) is 13.8 Å². The summed E-state index contributed by atoms with van der Waals surface area (Å²) in [5.74, 6) is -0.966. The number of aryl methyl sites for hydroxylation is 2. The van der Waals surface area contributed by atoms with E-state index in [9.17, 15) is 9.59 Å². The largest absolute Gasteiger partial charge is 0.449 e. The van der Waals surface area contributed by atoms with Gasteiger partial charge in [0.25, 0.3) is 5.91 Å². The fraction of sp³-hybridized carbons (Fsp3) is 0.263. The lowest BCUT2D eigenvalue weighted by atomic mass is 10.1. The highest BCUT2D eigenvalue weighted by Gasteiger charge is 2.19. The molecule has 24 heavy (non-hydrogen) atoms. The minimum Gasteiger partial charge on any atom is -0.449 e. The Bertz CT molecular complexity index is 738. The van der Waals surface area contributed by atoms with Gasteiger partial charge in [-0.25, -0.2) is 4.79 Å². The van der Waals surface area contributed by atoms with Gasteiger partial charge in [-0.3, -0.25) is 4.79 Å². The summed E-state index contributed by atoms with van der Waals surface area (Å²) in [6.45, 7) is 5.27. The van der Waals surface area contributed by atoms with E-state index in [1.807, 2.05) is 32.0 Å². The zero-order chi connectivity index (χ0) is 17.7. The highest BCUT2D eigenvalue weighted by atomic mass is 16.5. The first-order valence-corrected chi connectivity index (χ1v) is 7.69. The van der Waals surface area contributed by atoms with E-state index in [4.69, 9.17) is 9.84 Å². The first-order chi connectivity index (χ1) is 11.4. The number of rotatable bonds is 5. The topological polar surface area (TPSA) is 75.6 Å². The molecule has 2 rings (SSSR count). The summed E-state index contributed by atoms with van der Waals surface area (Å²) in [5.41, 5.74) is 3.71. The van der Waals surface area contributed by atoms with Crippen molar-refractivity contribution >= 4 is 17.6 Å². The number of ether oxygens (including phenoxy) is 1. The van der Waals surface area contributed by atoms with Crippen LogP contribution in [0.1, 0.15) is 34.0 Å². The van der Waals surface area contributed by atoms with Crippen molar-refractivity contribution in [3.63, 3.8) is 0 Å². The maximum absolute atomic E-state index is 12.2. The number of aliphatic hydroxyl groups is 1. The van der Waals surface area contributed by atoms with Gasteiger partial charge >= 0.3 is 5.97 Å². The van der Waals surface area contributed by atoms with Gasteiger partial charge in [0.1, 0.15) is 0 Å². The zero-order valence-corrected chi connectivity index (χ0v) is 14.0. The smallest absolute Gasteiger partial charge is 0.338 e. The van der Waals surface area contributed by atoms with Gasteiger partial charge in [-0.1, -0.05) is 24.3 Å². The Balaban J connectivity index is 1.99. The van der Waals surface area contributed by atoms with Crippen molar-refractivity contribution in [2.75, 3.05) is 5.32 Å². The molecule has 5 heteroatoms. The summed E-state index contributed by atoms with van der Waals surface area (Å²) < 4.78 is 5.20. The van der Waals surface area contributed by atoms with Gasteiger partial charge in [-0.2, -0.15) is 0 Å². The molecule has 0 saturated heterocycles. The van der Waals surface area contributed by atoms with Crippen LogP contribution >= 0.6 is 0 Å². The van der Waals surface area contributed by atoms with E-state index < -0.39 is 12.1 Å². The van der Waals surface area contributed by atoms with Crippen molar-refractivity contribution in [2.45, 2.75) is 33.5 Å². The molecule has 126 valence electrons. The van der Waals surface area contributed by atoms with Crippen molar-refractivity contribution < 1.29 is 19.4 Å². The normalized spacial score (nSPS) is 11.7. The number of hydrogen-bond donors (Lipinski definition) is 2. The van der Waals surface area contributed by atoms with Gasteiger partial charge in [0.2, 0.25) is 0 Å². The highest BCUT2D eigenvalue weighted by Crippen LogP contribution is 2.17. The van der Waals surface area contributed by atoms with Crippen LogP contribution in [0.2, 0.25) is 0 Å². The fourth-order valence-corrected chi connectivity index (χ4v) is 2.13. The van der Waals surface area contributed by atoms with Gasteiger partial charge in [-0.05, 0) is 55.7 Å². The van der Waals surface area contributed by atoms with E-state index in [0.717, 1.165) is 11.1 Å². The van der Waals surface area contributed by atoms with Crippen LogP contribution in [0.25, 0.3) is 0 Å². The minimum absolute atomic E-state index is 0.0933. The van der Waals surface area contributed by atoms with E-state index in [-0.39, 0.29) is 12.5 Å². The molecule has 0 radical (unpaired) electrons. The van der Waals surface area contributed by atoms with Gasteiger partial charge in [0, 0.05) is 5.69 Å². The number of hydrogen-bond acceptors (Lipinski definition) is 4. The molecule has 0 aliphatic heterocycles. The Morgan fingerprint density at radius 1 is 1.12 bits per heavy atom. The molecule has 0 aliphatic carbocycles. The summed E-state index contributed by atoms with van der Waals surface area (Å²) in [4.78, 5) is 24.3. The monoisotopic (exact) mass is 327 g/mol. The molecule has 0 bridgehead atoms. The Hall–Kier alpha value is -2.66. The number of amides is 1. The summed E-state index contributed by atoms with van der Waals surface area (Å²) in [6, 6.07) is 12.1. The van der Waals surface area contributed by atoms with E-state index in [0.29, 0.717) is 16.8 Å². The average molecular weight is 327 g/mol. The predicted molar refractivity (Wildman–Crippen MR) is 91.8 cm³/mol. The molecule has 0 fully saturated rings. The molecule has 5 nitrogen and oxygen atoms in total. The lowest BCUT2D eigenvalue weighted by Crippen LogP contribution is -2.30. The number of carbonyl (C=O) groups is 2. The quantitative estimate of drug-likeness (QED) is 0.828. The molecule has 0 unspecified atom stereocenters. The molecule has 2 N–H and O–H groups in total. The van der Waals surface area contributed by atoms with E-state index in [2.05, 4.69) is 5.32 Å². The van der Waals surface area contributed by atoms with Crippen molar-refractivity contribution in [3.05, 3.63) is 64.7 Å². The molecule has 1 amide bonds. The fourth-order valence-electron chi connectivity index (χ4n) is 2.13. The third-order valence-corrected chi connectivity index (χ3v) is 3.68. The Kier molecular flexibility index (Phi) is 5.71. The molecule has 2 aromatic rings. The van der Waals surface area contributed by atoms with Crippen LogP contribution in [-0.4, -0.2) is 23.1 Å². The number of aliphatic hydroxyl groups excluding tert-OH is 1. The number of anilines is 1. The Morgan fingerprint density at radius 3 is 2.42 bits per heavy atom. The second-order valence-electron chi connectivity index (χ2n) is 5.71. The lowest BCUT2D eigenvalue weighted by molar-refractivity contribution is -0.123. The van der Waals surface area contributed by atoms with Gasteiger partial charge < -0.3 is 15.2 Å². The van der Waals surface area contributed by atoms with Gasteiger partial charge in [-0.15, -0.1) is 0 Å². The highest BCUT2D eigenvalue weighted by molar-refractivity contribution is 5.97. The molecular formula is C19H21NO4. The van der Waals surface area contributed by atoms with Crippen molar-refractivity contribution in [3.8, 4) is 0 Å². The number of benzene rings is 2. The predicted octanol–water partition coefficient (Wildman–Crippen LogP) is 2.98. The maximum Gasteiger partial charge on any atom is 0.338 e. The first kappa shape index (κ1) is 17.7. The van der Waals surface area contributed by atoms with Gasteiger partial charge in [0.15, 0.2) is 6.10 Å². The van der Waals surface area contributed by atoms with E-state index in [1.165, 1.54) is 6.92 Å². The van der Waals surface area contributed by atoms with Crippen molar-refractivity contribution in [1.82, 2.24) is 0 Å². The Labute approximate surface area is 141 Å².